The molecule has 2 aromatic heterocycles. The van der Waals surface area contributed by atoms with Gasteiger partial charge >= 0.3 is 5.97 Å². The molecule has 7 nitrogen and oxygen atoms in total. The molecular formula is C22H23N5O2. The van der Waals surface area contributed by atoms with Gasteiger partial charge in [-0.05, 0) is 36.4 Å². The van der Waals surface area contributed by atoms with Crippen molar-refractivity contribution < 1.29 is 9.53 Å². The van der Waals surface area contributed by atoms with Crippen LogP contribution < -0.4 is 15.5 Å². The van der Waals surface area contributed by atoms with Gasteiger partial charge < -0.3 is 20.3 Å². The van der Waals surface area contributed by atoms with Crippen LogP contribution in [0.4, 0.5) is 17.3 Å². The zero-order valence-electron chi connectivity index (χ0n) is 16.3. The molecule has 3 aromatic rings. The Bertz CT molecular complexity index is 988. The number of hydrogen-bond acceptors (Lipinski definition) is 7. The molecule has 0 amide bonds. The Kier molecular flexibility index (Phi) is 5.67. The van der Waals surface area contributed by atoms with Crippen LogP contribution in [0.25, 0.3) is 11.3 Å². The third-order valence-corrected chi connectivity index (χ3v) is 4.78. The smallest absolute Gasteiger partial charge is 0.338 e. The molecule has 1 saturated heterocycles. The second-order valence-corrected chi connectivity index (χ2v) is 6.75. The van der Waals surface area contributed by atoms with Crippen LogP contribution in [-0.2, 0) is 4.74 Å². The summed E-state index contributed by atoms with van der Waals surface area (Å²) in [4.78, 5) is 23.6. The lowest BCUT2D eigenvalue weighted by molar-refractivity contribution is 0.0600. The van der Waals surface area contributed by atoms with Crippen LogP contribution in [0, 0.1) is 0 Å². The van der Waals surface area contributed by atoms with E-state index in [1.807, 2.05) is 42.5 Å². The molecule has 2 N–H and O–H groups in total. The van der Waals surface area contributed by atoms with E-state index in [-0.39, 0.29) is 5.97 Å². The van der Waals surface area contributed by atoms with Crippen LogP contribution in [0.5, 0.6) is 0 Å². The lowest BCUT2D eigenvalue weighted by Crippen LogP contribution is -2.44. The van der Waals surface area contributed by atoms with Crippen LogP contribution in [0.1, 0.15) is 10.4 Å². The third-order valence-electron chi connectivity index (χ3n) is 4.78. The number of nitrogens with one attached hydrogen (secondary N) is 2. The van der Waals surface area contributed by atoms with E-state index in [2.05, 4.69) is 20.5 Å². The molecule has 0 unspecified atom stereocenters. The van der Waals surface area contributed by atoms with Crippen molar-refractivity contribution in [2.24, 2.45) is 0 Å². The minimum atomic E-state index is -0.373. The van der Waals surface area contributed by atoms with Gasteiger partial charge in [-0.25, -0.2) is 14.8 Å². The van der Waals surface area contributed by atoms with Gasteiger partial charge in [-0.2, -0.15) is 0 Å². The van der Waals surface area contributed by atoms with Crippen molar-refractivity contribution in [3.05, 3.63) is 66.4 Å². The van der Waals surface area contributed by atoms with Crippen LogP contribution in [0.2, 0.25) is 0 Å². The number of methoxy groups -OCH3 is 1. The average Bonchev–Trinajstić information content (AvgIpc) is 2.79. The molecule has 1 aliphatic rings. The van der Waals surface area contributed by atoms with Gasteiger partial charge in [-0.15, -0.1) is 0 Å². The standard InChI is InChI=1S/C22H23N5O2/c1-29-22(28)17-13-19(26-21(15-17)27-11-9-23-10-12-27)16-7-8-24-20(14-16)25-18-5-3-2-4-6-18/h2-8,13-15,23H,9-12H2,1H3,(H,24,25). The van der Waals surface area contributed by atoms with E-state index < -0.39 is 0 Å². The number of hydrogen-bond donors (Lipinski definition) is 2. The number of anilines is 3. The van der Waals surface area contributed by atoms with E-state index in [1.165, 1.54) is 7.11 Å². The summed E-state index contributed by atoms with van der Waals surface area (Å²) in [5.41, 5.74) is 3.02. The maximum atomic E-state index is 12.2. The fraction of sp³-hybridized carbons (Fsp3) is 0.227. The Balaban J connectivity index is 1.69. The second kappa shape index (κ2) is 8.70. The Morgan fingerprint density at radius 3 is 2.66 bits per heavy atom. The van der Waals surface area contributed by atoms with Crippen LogP contribution in [0.15, 0.2) is 60.8 Å². The number of piperazine rings is 1. The largest absolute Gasteiger partial charge is 0.465 e. The summed E-state index contributed by atoms with van der Waals surface area (Å²) in [6.07, 6.45) is 1.73. The molecule has 3 heterocycles. The van der Waals surface area contributed by atoms with Crippen LogP contribution in [0.3, 0.4) is 0 Å². The Morgan fingerprint density at radius 2 is 1.90 bits per heavy atom. The number of carbonyl (C=O) groups excluding carboxylic acids is 1. The minimum absolute atomic E-state index is 0.373. The molecular weight excluding hydrogens is 366 g/mol. The third kappa shape index (κ3) is 4.52. The SMILES string of the molecule is COC(=O)c1cc(-c2ccnc(Nc3ccccc3)c2)nc(N2CCNCC2)c1. The molecule has 1 aromatic carbocycles. The van der Waals surface area contributed by atoms with Gasteiger partial charge in [0.15, 0.2) is 0 Å². The van der Waals surface area contributed by atoms with Gasteiger partial charge in [-0.1, -0.05) is 18.2 Å². The van der Waals surface area contributed by atoms with Gasteiger partial charge in [0.1, 0.15) is 11.6 Å². The van der Waals surface area contributed by atoms with E-state index >= 15 is 0 Å². The van der Waals surface area contributed by atoms with Crippen molar-refractivity contribution in [2.45, 2.75) is 0 Å². The van der Waals surface area contributed by atoms with Crippen molar-refractivity contribution in [1.82, 2.24) is 15.3 Å². The van der Waals surface area contributed by atoms with Crippen molar-refractivity contribution in [3.63, 3.8) is 0 Å². The van der Waals surface area contributed by atoms with Crippen molar-refractivity contribution in [1.29, 1.82) is 0 Å². The zero-order chi connectivity index (χ0) is 20.1. The van der Waals surface area contributed by atoms with Gasteiger partial charge in [0, 0.05) is 43.6 Å². The summed E-state index contributed by atoms with van der Waals surface area (Å²) in [5.74, 6) is 1.11. The highest BCUT2D eigenvalue weighted by molar-refractivity contribution is 5.91. The first-order valence-electron chi connectivity index (χ1n) is 9.57. The summed E-state index contributed by atoms with van der Waals surface area (Å²) < 4.78 is 4.95. The van der Waals surface area contributed by atoms with E-state index in [4.69, 9.17) is 9.72 Å². The van der Waals surface area contributed by atoms with Gasteiger partial charge in [0.2, 0.25) is 0 Å². The fourth-order valence-corrected chi connectivity index (χ4v) is 3.28. The maximum Gasteiger partial charge on any atom is 0.338 e. The first-order chi connectivity index (χ1) is 14.2. The molecule has 4 rings (SSSR count). The molecule has 148 valence electrons. The lowest BCUT2D eigenvalue weighted by atomic mass is 10.1. The number of aromatic nitrogens is 2. The van der Waals surface area contributed by atoms with Crippen molar-refractivity contribution >= 4 is 23.3 Å². The lowest BCUT2D eigenvalue weighted by Gasteiger charge is -2.29. The molecule has 0 saturated carbocycles. The summed E-state index contributed by atoms with van der Waals surface area (Å²) in [7, 11) is 1.39. The highest BCUT2D eigenvalue weighted by atomic mass is 16.5. The van der Waals surface area contributed by atoms with Gasteiger partial charge in [0.05, 0.1) is 18.4 Å². The number of carbonyl (C=O) groups is 1. The first kappa shape index (κ1) is 18.9. The summed E-state index contributed by atoms with van der Waals surface area (Å²) in [5, 5.41) is 6.62. The average molecular weight is 389 g/mol. The van der Waals surface area contributed by atoms with Crippen molar-refractivity contribution in [3.8, 4) is 11.3 Å². The van der Waals surface area contributed by atoms with Gasteiger partial charge in [0.25, 0.3) is 0 Å². The molecule has 1 fully saturated rings. The van der Waals surface area contributed by atoms with Crippen LogP contribution in [-0.4, -0.2) is 49.2 Å². The minimum Gasteiger partial charge on any atom is -0.465 e. The van der Waals surface area contributed by atoms with E-state index in [9.17, 15) is 4.79 Å². The molecule has 0 aliphatic carbocycles. The van der Waals surface area contributed by atoms with E-state index in [0.29, 0.717) is 17.1 Å². The number of esters is 1. The molecule has 0 atom stereocenters. The number of nitrogens with zero attached hydrogens (tertiary/aromatic N) is 3. The summed E-state index contributed by atoms with van der Waals surface area (Å²) in [6, 6.07) is 17.2. The quantitative estimate of drug-likeness (QED) is 0.649. The Hall–Kier alpha value is -3.45. The number of benzene rings is 1. The van der Waals surface area contributed by atoms with E-state index in [1.54, 1.807) is 18.3 Å². The summed E-state index contributed by atoms with van der Waals surface area (Å²) in [6.45, 7) is 3.46. The highest BCUT2D eigenvalue weighted by Gasteiger charge is 2.17. The number of ether oxygens (including phenoxy) is 1. The Morgan fingerprint density at radius 1 is 1.10 bits per heavy atom. The predicted molar refractivity (Wildman–Crippen MR) is 114 cm³/mol. The highest BCUT2D eigenvalue weighted by Crippen LogP contribution is 2.26. The summed E-state index contributed by atoms with van der Waals surface area (Å²) >= 11 is 0. The Labute approximate surface area is 169 Å². The molecule has 29 heavy (non-hydrogen) atoms. The molecule has 0 radical (unpaired) electrons. The first-order valence-corrected chi connectivity index (χ1v) is 9.57. The van der Waals surface area contributed by atoms with Crippen molar-refractivity contribution in [2.75, 3.05) is 43.5 Å². The molecule has 0 spiro atoms. The number of pyridine rings is 2. The van der Waals surface area contributed by atoms with Gasteiger partial charge in [-0.3, -0.25) is 0 Å². The fourth-order valence-electron chi connectivity index (χ4n) is 3.28. The maximum absolute atomic E-state index is 12.2. The monoisotopic (exact) mass is 389 g/mol. The second-order valence-electron chi connectivity index (χ2n) is 6.75. The number of para-hydroxylation sites is 1. The predicted octanol–water partition coefficient (Wildman–Crippen LogP) is 3.08. The molecule has 0 bridgehead atoms. The van der Waals surface area contributed by atoms with Crippen LogP contribution >= 0.6 is 0 Å². The topological polar surface area (TPSA) is 79.4 Å². The van der Waals surface area contributed by atoms with E-state index in [0.717, 1.165) is 43.2 Å². The molecule has 7 heteroatoms. The normalized spacial score (nSPS) is 13.8. The zero-order valence-corrected chi connectivity index (χ0v) is 16.3. The number of rotatable bonds is 5. The molecule has 1 aliphatic heterocycles.